The summed E-state index contributed by atoms with van der Waals surface area (Å²) in [4.78, 5) is 19.2. The first-order valence-corrected chi connectivity index (χ1v) is 6.95. The van der Waals surface area contributed by atoms with Gasteiger partial charge in [-0.3, -0.25) is 0 Å². The molecule has 3 rings (SSSR count). The van der Waals surface area contributed by atoms with Crippen LogP contribution in [0.15, 0.2) is 12.7 Å². The molecule has 1 aliphatic rings. The van der Waals surface area contributed by atoms with Crippen LogP contribution in [0.2, 0.25) is 0 Å². The first-order valence-electron chi connectivity index (χ1n) is 6.95. The molecule has 1 atom stereocenters. The Morgan fingerprint density at radius 3 is 2.90 bits per heavy atom. The van der Waals surface area contributed by atoms with Crippen molar-refractivity contribution in [2.24, 2.45) is 5.92 Å². The lowest BCUT2D eigenvalue weighted by molar-refractivity contribution is 0.263. The number of nitrogens with one attached hydrogen (secondary N) is 1. The minimum atomic E-state index is 0.224. The van der Waals surface area contributed by atoms with Crippen molar-refractivity contribution in [1.82, 2.24) is 29.7 Å². The summed E-state index contributed by atoms with van der Waals surface area (Å²) in [5, 5.41) is 16.0. The number of rotatable bonds is 5. The topological polar surface area (TPSA) is 105 Å². The normalized spacial score (nSPS) is 18.2. The molecule has 0 radical (unpaired) electrons. The molecule has 0 aromatic carbocycles. The van der Waals surface area contributed by atoms with E-state index in [2.05, 4.69) is 35.3 Å². The van der Waals surface area contributed by atoms with E-state index in [0.29, 0.717) is 23.8 Å². The van der Waals surface area contributed by atoms with Crippen LogP contribution in [-0.2, 0) is 0 Å². The van der Waals surface area contributed by atoms with Crippen molar-refractivity contribution < 1.29 is 5.11 Å². The van der Waals surface area contributed by atoms with Gasteiger partial charge in [0, 0.05) is 26.7 Å². The van der Waals surface area contributed by atoms with Crippen LogP contribution < -0.4 is 10.2 Å². The Hall–Kier alpha value is -2.29. The molecule has 9 nitrogen and oxygen atoms in total. The molecule has 0 aliphatic carbocycles. The van der Waals surface area contributed by atoms with Gasteiger partial charge in [0.15, 0.2) is 0 Å². The van der Waals surface area contributed by atoms with Crippen molar-refractivity contribution in [3.63, 3.8) is 0 Å². The van der Waals surface area contributed by atoms with Crippen LogP contribution in [0, 0.1) is 5.92 Å². The fraction of sp³-hybridized carbons (Fsp3) is 0.583. The number of aliphatic hydroxyl groups excluding tert-OH is 1. The number of hydrogen-bond acceptors (Lipinski definition) is 8. The second kappa shape index (κ2) is 6.00. The lowest BCUT2D eigenvalue weighted by Gasteiger charge is -2.17. The van der Waals surface area contributed by atoms with Crippen molar-refractivity contribution in [2.45, 2.75) is 12.8 Å². The van der Waals surface area contributed by atoms with Gasteiger partial charge in [0.05, 0.1) is 0 Å². The van der Waals surface area contributed by atoms with Crippen LogP contribution in [0.25, 0.3) is 5.95 Å². The highest BCUT2D eigenvalue weighted by Gasteiger charge is 2.25. The molecule has 3 heterocycles. The van der Waals surface area contributed by atoms with Gasteiger partial charge in [0.25, 0.3) is 5.95 Å². The molecule has 9 heteroatoms. The van der Waals surface area contributed by atoms with Gasteiger partial charge in [-0.05, 0) is 18.8 Å². The lowest BCUT2D eigenvalue weighted by Crippen LogP contribution is -2.24. The Kier molecular flexibility index (Phi) is 3.91. The second-order valence-corrected chi connectivity index (χ2v) is 4.96. The largest absolute Gasteiger partial charge is 0.396 e. The molecule has 0 spiro atoms. The fourth-order valence-corrected chi connectivity index (χ4v) is 2.45. The second-order valence-electron chi connectivity index (χ2n) is 4.96. The zero-order chi connectivity index (χ0) is 14.7. The average Bonchev–Trinajstić information content (AvgIpc) is 3.18. The van der Waals surface area contributed by atoms with E-state index >= 15 is 0 Å². The summed E-state index contributed by atoms with van der Waals surface area (Å²) in [6, 6.07) is 0. The van der Waals surface area contributed by atoms with Gasteiger partial charge in [0.2, 0.25) is 11.9 Å². The molecular formula is C12H18N8O. The highest BCUT2D eigenvalue weighted by atomic mass is 16.3. The summed E-state index contributed by atoms with van der Waals surface area (Å²) in [5.74, 6) is 2.04. The lowest BCUT2D eigenvalue weighted by atomic mass is 10.1. The Morgan fingerprint density at radius 1 is 1.33 bits per heavy atom. The summed E-state index contributed by atoms with van der Waals surface area (Å²) in [6.07, 6.45) is 4.85. The third-order valence-corrected chi connectivity index (χ3v) is 3.57. The monoisotopic (exact) mass is 290 g/mol. The maximum atomic E-state index is 9.05. The molecule has 1 aliphatic heterocycles. The van der Waals surface area contributed by atoms with E-state index in [1.807, 2.05) is 0 Å². The van der Waals surface area contributed by atoms with E-state index < -0.39 is 0 Å². The van der Waals surface area contributed by atoms with E-state index in [4.69, 9.17) is 5.11 Å². The van der Waals surface area contributed by atoms with E-state index in [-0.39, 0.29) is 6.61 Å². The van der Waals surface area contributed by atoms with E-state index in [1.165, 1.54) is 11.0 Å². The number of nitrogens with zero attached hydrogens (tertiary/aromatic N) is 7. The van der Waals surface area contributed by atoms with Crippen molar-refractivity contribution >= 4 is 11.9 Å². The molecule has 1 unspecified atom stereocenters. The third-order valence-electron chi connectivity index (χ3n) is 3.57. The molecular weight excluding hydrogens is 272 g/mol. The molecule has 112 valence electrons. The average molecular weight is 290 g/mol. The number of aromatic nitrogens is 6. The SMILES string of the molecule is CNc1nc(N2CCC(CCO)C2)nc(-n2cncn2)n1. The number of anilines is 2. The van der Waals surface area contributed by atoms with E-state index in [9.17, 15) is 0 Å². The third kappa shape index (κ3) is 2.92. The zero-order valence-electron chi connectivity index (χ0n) is 11.8. The Balaban J connectivity index is 1.87. The predicted octanol–water partition coefficient (Wildman–Crippen LogP) is -0.297. The smallest absolute Gasteiger partial charge is 0.258 e. The molecule has 0 bridgehead atoms. The number of aliphatic hydroxyl groups is 1. The van der Waals surface area contributed by atoms with Gasteiger partial charge in [-0.2, -0.15) is 24.7 Å². The van der Waals surface area contributed by atoms with Crippen LogP contribution in [-0.4, -0.2) is 61.6 Å². The maximum absolute atomic E-state index is 9.05. The van der Waals surface area contributed by atoms with Crippen LogP contribution in [0.5, 0.6) is 0 Å². The van der Waals surface area contributed by atoms with Crippen molar-refractivity contribution in [3.8, 4) is 5.95 Å². The van der Waals surface area contributed by atoms with Crippen molar-refractivity contribution in [3.05, 3.63) is 12.7 Å². The van der Waals surface area contributed by atoms with Crippen molar-refractivity contribution in [2.75, 3.05) is 37.0 Å². The van der Waals surface area contributed by atoms with Gasteiger partial charge in [-0.1, -0.05) is 0 Å². The van der Waals surface area contributed by atoms with E-state index in [1.54, 1.807) is 13.4 Å². The molecule has 2 aromatic rings. The van der Waals surface area contributed by atoms with Crippen LogP contribution in [0.4, 0.5) is 11.9 Å². The first-order chi connectivity index (χ1) is 10.3. The molecule has 0 saturated carbocycles. The summed E-state index contributed by atoms with van der Waals surface area (Å²) in [6.45, 7) is 1.96. The molecule has 2 aromatic heterocycles. The molecule has 1 fully saturated rings. The van der Waals surface area contributed by atoms with Crippen molar-refractivity contribution in [1.29, 1.82) is 0 Å². The molecule has 2 N–H and O–H groups in total. The summed E-state index contributed by atoms with van der Waals surface area (Å²) in [7, 11) is 1.77. The molecule has 1 saturated heterocycles. The Bertz CT molecular complexity index is 587. The fourth-order valence-electron chi connectivity index (χ4n) is 2.45. The zero-order valence-corrected chi connectivity index (χ0v) is 11.8. The highest BCUT2D eigenvalue weighted by molar-refractivity contribution is 5.40. The first kappa shape index (κ1) is 13.7. The quantitative estimate of drug-likeness (QED) is 0.773. The Morgan fingerprint density at radius 2 is 2.19 bits per heavy atom. The van der Waals surface area contributed by atoms with Gasteiger partial charge >= 0.3 is 0 Å². The maximum Gasteiger partial charge on any atom is 0.258 e. The Labute approximate surface area is 122 Å². The summed E-state index contributed by atoms with van der Waals surface area (Å²) in [5.41, 5.74) is 0. The van der Waals surface area contributed by atoms with E-state index in [0.717, 1.165) is 25.9 Å². The minimum Gasteiger partial charge on any atom is -0.396 e. The van der Waals surface area contributed by atoms with Crippen LogP contribution in [0.1, 0.15) is 12.8 Å². The predicted molar refractivity (Wildman–Crippen MR) is 76.3 cm³/mol. The van der Waals surface area contributed by atoms with Crippen LogP contribution >= 0.6 is 0 Å². The molecule has 21 heavy (non-hydrogen) atoms. The van der Waals surface area contributed by atoms with Gasteiger partial charge < -0.3 is 15.3 Å². The summed E-state index contributed by atoms with van der Waals surface area (Å²) >= 11 is 0. The van der Waals surface area contributed by atoms with Crippen LogP contribution in [0.3, 0.4) is 0 Å². The van der Waals surface area contributed by atoms with Gasteiger partial charge in [-0.25, -0.2) is 4.98 Å². The number of hydrogen-bond donors (Lipinski definition) is 2. The minimum absolute atomic E-state index is 0.224. The summed E-state index contributed by atoms with van der Waals surface area (Å²) < 4.78 is 1.51. The molecule has 0 amide bonds. The van der Waals surface area contributed by atoms with Gasteiger partial charge in [-0.15, -0.1) is 0 Å². The standard InChI is InChI=1S/C12H18N8O/c1-13-10-16-11(19-4-2-9(6-19)3-5-21)18-12(17-10)20-8-14-7-15-20/h7-9,21H,2-6H2,1H3,(H,13,16,17,18). The highest BCUT2D eigenvalue weighted by Crippen LogP contribution is 2.23. The van der Waals surface area contributed by atoms with Gasteiger partial charge in [0.1, 0.15) is 12.7 Å².